The number of hydrogen-bond donors (Lipinski definition) is 0. The minimum absolute atomic E-state index is 0.0324. The second-order valence-corrected chi connectivity index (χ2v) is 7.62. The van der Waals surface area contributed by atoms with Crippen molar-refractivity contribution in [3.8, 4) is 0 Å². The molecule has 1 aliphatic carbocycles. The number of carbonyl (C=O) groups excluding carboxylic acids is 1. The Morgan fingerprint density at radius 2 is 1.96 bits per heavy atom. The first-order valence-electron chi connectivity index (χ1n) is 9.62. The molecular weight excluding hydrogens is 371 g/mol. The van der Waals surface area contributed by atoms with E-state index in [1.54, 1.807) is 0 Å². The van der Waals surface area contributed by atoms with E-state index in [0.717, 1.165) is 25.3 Å². The minimum Gasteiger partial charge on any atom is -0.342 e. The number of carbonyl (C=O) groups is 1. The first kappa shape index (κ1) is 19.0. The Bertz CT molecular complexity index is 911. The highest BCUT2D eigenvalue weighted by Crippen LogP contribution is 2.39. The summed E-state index contributed by atoms with van der Waals surface area (Å²) in [5.41, 5.74) is -0.277. The van der Waals surface area contributed by atoms with Crippen LogP contribution in [0.4, 0.5) is 13.2 Å². The number of allylic oxidation sites excluding steroid dienone is 2. The minimum atomic E-state index is -4.50. The average Bonchev–Trinajstić information content (AvgIpc) is 3.07. The maximum Gasteiger partial charge on any atom is 0.417 e. The van der Waals surface area contributed by atoms with E-state index in [1.807, 2.05) is 4.90 Å². The molecule has 5 nitrogen and oxygen atoms in total. The second-order valence-electron chi connectivity index (χ2n) is 7.62. The van der Waals surface area contributed by atoms with Gasteiger partial charge in [-0.05, 0) is 45.1 Å². The number of pyridine rings is 1. The van der Waals surface area contributed by atoms with Crippen molar-refractivity contribution in [2.75, 3.05) is 13.1 Å². The lowest BCUT2D eigenvalue weighted by atomic mass is 9.89. The van der Waals surface area contributed by atoms with Crippen molar-refractivity contribution in [3.63, 3.8) is 0 Å². The van der Waals surface area contributed by atoms with Crippen LogP contribution in [-0.2, 0) is 11.0 Å². The number of hydrogen-bond acceptors (Lipinski definition) is 4. The number of aryl methyl sites for hydroxylation is 1. The van der Waals surface area contributed by atoms with Crippen LogP contribution in [0, 0.1) is 12.8 Å². The molecule has 1 unspecified atom stereocenters. The topological polar surface area (TPSA) is 59.2 Å². The molecule has 1 atom stereocenters. The summed E-state index contributed by atoms with van der Waals surface area (Å²) in [6.45, 7) is 2.56. The molecule has 0 bridgehead atoms. The molecule has 28 heavy (non-hydrogen) atoms. The largest absolute Gasteiger partial charge is 0.417 e. The highest BCUT2D eigenvalue weighted by atomic mass is 19.4. The van der Waals surface area contributed by atoms with E-state index in [1.165, 1.54) is 6.92 Å². The molecule has 150 valence electrons. The highest BCUT2D eigenvalue weighted by Gasteiger charge is 2.37. The zero-order valence-electron chi connectivity index (χ0n) is 15.6. The predicted molar refractivity (Wildman–Crippen MR) is 96.6 cm³/mol. The molecule has 0 aromatic carbocycles. The Kier molecular flexibility index (Phi) is 4.89. The molecule has 2 aromatic heterocycles. The quantitative estimate of drug-likeness (QED) is 0.699. The fourth-order valence-corrected chi connectivity index (χ4v) is 4.22. The van der Waals surface area contributed by atoms with Crippen molar-refractivity contribution in [1.29, 1.82) is 0 Å². The molecule has 1 fully saturated rings. The molecule has 0 spiro atoms. The SMILES string of the molecule is Cc1noc2nc(C3CCN(C(=O)C4CC=CCC4)CC3)cc(C(F)(F)F)c12. The van der Waals surface area contributed by atoms with E-state index in [2.05, 4.69) is 22.3 Å². The van der Waals surface area contributed by atoms with Gasteiger partial charge in [0, 0.05) is 30.6 Å². The molecule has 2 aromatic rings. The monoisotopic (exact) mass is 393 g/mol. The maximum atomic E-state index is 13.5. The Hall–Kier alpha value is -2.38. The molecule has 8 heteroatoms. The molecule has 0 saturated carbocycles. The number of likely N-dealkylation sites (tertiary alicyclic amines) is 1. The number of piperidine rings is 1. The zero-order chi connectivity index (χ0) is 19.9. The van der Waals surface area contributed by atoms with Gasteiger partial charge in [-0.3, -0.25) is 4.79 Å². The van der Waals surface area contributed by atoms with Crippen LogP contribution in [0.3, 0.4) is 0 Å². The van der Waals surface area contributed by atoms with Gasteiger partial charge in [-0.1, -0.05) is 17.3 Å². The van der Waals surface area contributed by atoms with Gasteiger partial charge in [-0.2, -0.15) is 13.2 Å². The Labute approximate surface area is 160 Å². The van der Waals surface area contributed by atoms with Crippen LogP contribution < -0.4 is 0 Å². The number of halogens is 3. The van der Waals surface area contributed by atoms with Crippen molar-refractivity contribution in [2.24, 2.45) is 5.92 Å². The predicted octanol–water partition coefficient (Wildman–Crippen LogP) is 4.61. The molecule has 1 amide bonds. The summed E-state index contributed by atoms with van der Waals surface area (Å²) in [6.07, 6.45) is 3.40. The molecule has 0 radical (unpaired) electrons. The standard InChI is InChI=1S/C20H22F3N3O2/c1-12-17-15(20(21,22)23)11-16(24-18(17)28-25-12)13-7-9-26(10-8-13)19(27)14-5-3-2-4-6-14/h2-3,11,13-14H,4-10H2,1H3. The number of nitrogens with zero attached hydrogens (tertiary/aromatic N) is 3. The number of fused-ring (bicyclic) bond motifs is 1. The van der Waals surface area contributed by atoms with Crippen molar-refractivity contribution >= 4 is 17.0 Å². The summed E-state index contributed by atoms with van der Waals surface area (Å²) in [6, 6.07) is 1.13. The zero-order valence-corrected chi connectivity index (χ0v) is 15.6. The van der Waals surface area contributed by atoms with Gasteiger partial charge in [0.1, 0.15) is 0 Å². The van der Waals surface area contributed by atoms with Crippen molar-refractivity contribution in [3.05, 3.63) is 35.2 Å². The van der Waals surface area contributed by atoms with E-state index in [9.17, 15) is 18.0 Å². The maximum absolute atomic E-state index is 13.5. The first-order chi connectivity index (χ1) is 13.3. The smallest absolute Gasteiger partial charge is 0.342 e. The summed E-state index contributed by atoms with van der Waals surface area (Å²) < 4.78 is 45.6. The molecule has 2 aliphatic rings. The van der Waals surface area contributed by atoms with Gasteiger partial charge < -0.3 is 9.42 Å². The van der Waals surface area contributed by atoms with Crippen LogP contribution in [0.5, 0.6) is 0 Å². The molecule has 0 N–H and O–H groups in total. The lowest BCUT2D eigenvalue weighted by Gasteiger charge is -2.34. The van der Waals surface area contributed by atoms with E-state index in [4.69, 9.17) is 4.52 Å². The number of aromatic nitrogens is 2. The highest BCUT2D eigenvalue weighted by molar-refractivity contribution is 5.81. The van der Waals surface area contributed by atoms with Crippen LogP contribution in [0.25, 0.3) is 11.1 Å². The van der Waals surface area contributed by atoms with E-state index in [-0.39, 0.29) is 34.5 Å². The van der Waals surface area contributed by atoms with Crippen molar-refractivity contribution in [1.82, 2.24) is 15.0 Å². The van der Waals surface area contributed by atoms with Crippen LogP contribution >= 0.6 is 0 Å². The molecule has 1 saturated heterocycles. The Balaban J connectivity index is 1.52. The van der Waals surface area contributed by atoms with E-state index < -0.39 is 11.7 Å². The van der Waals surface area contributed by atoms with Gasteiger partial charge in [-0.15, -0.1) is 0 Å². The van der Waals surface area contributed by atoms with Crippen LogP contribution in [-0.4, -0.2) is 34.0 Å². The molecular formula is C20H22F3N3O2. The summed E-state index contributed by atoms with van der Waals surface area (Å²) in [5.74, 6) is 0.0595. The van der Waals surface area contributed by atoms with E-state index >= 15 is 0 Å². The molecule has 1 aliphatic heterocycles. The Morgan fingerprint density at radius 1 is 1.21 bits per heavy atom. The molecule has 4 rings (SSSR count). The van der Waals surface area contributed by atoms with Crippen LogP contribution in [0.2, 0.25) is 0 Å². The first-order valence-corrected chi connectivity index (χ1v) is 9.62. The van der Waals surface area contributed by atoms with Gasteiger partial charge in [0.2, 0.25) is 5.91 Å². The number of alkyl halides is 3. The third-order valence-electron chi connectivity index (χ3n) is 5.79. The van der Waals surface area contributed by atoms with Gasteiger partial charge in [0.05, 0.1) is 16.6 Å². The average molecular weight is 393 g/mol. The molecule has 3 heterocycles. The van der Waals surface area contributed by atoms with Gasteiger partial charge in [0.15, 0.2) is 0 Å². The number of rotatable bonds is 2. The fourth-order valence-electron chi connectivity index (χ4n) is 4.22. The lowest BCUT2D eigenvalue weighted by molar-refractivity contribution is -0.137. The summed E-state index contributed by atoms with van der Waals surface area (Å²) in [5, 5.41) is 3.57. The van der Waals surface area contributed by atoms with Crippen molar-refractivity contribution < 1.29 is 22.5 Å². The van der Waals surface area contributed by atoms with Gasteiger partial charge >= 0.3 is 6.18 Å². The lowest BCUT2D eigenvalue weighted by Crippen LogP contribution is -2.41. The van der Waals surface area contributed by atoms with E-state index in [0.29, 0.717) is 31.6 Å². The van der Waals surface area contributed by atoms with Gasteiger partial charge in [-0.25, -0.2) is 4.98 Å². The van der Waals surface area contributed by atoms with Crippen molar-refractivity contribution in [2.45, 2.75) is 51.1 Å². The third kappa shape index (κ3) is 3.52. The van der Waals surface area contributed by atoms with Gasteiger partial charge in [0.25, 0.3) is 5.71 Å². The summed E-state index contributed by atoms with van der Waals surface area (Å²) in [4.78, 5) is 18.8. The summed E-state index contributed by atoms with van der Waals surface area (Å²) >= 11 is 0. The Morgan fingerprint density at radius 3 is 2.61 bits per heavy atom. The normalized spacial score (nSPS) is 21.4. The second kappa shape index (κ2) is 7.22. The summed E-state index contributed by atoms with van der Waals surface area (Å²) in [7, 11) is 0. The van der Waals surface area contributed by atoms with Crippen LogP contribution in [0.1, 0.15) is 55.0 Å². The number of amides is 1. The fraction of sp³-hybridized carbons (Fsp3) is 0.550. The third-order valence-corrected chi connectivity index (χ3v) is 5.79. The van der Waals surface area contributed by atoms with Crippen LogP contribution in [0.15, 0.2) is 22.7 Å².